The third kappa shape index (κ3) is 3.45. The van der Waals surface area contributed by atoms with E-state index >= 15 is 0 Å². The highest BCUT2D eigenvalue weighted by Crippen LogP contribution is 2.21. The van der Waals surface area contributed by atoms with Gasteiger partial charge in [0.05, 0.1) is 23.5 Å². The predicted molar refractivity (Wildman–Crippen MR) is 88.3 cm³/mol. The molecular formula is C17H17N5O2. The monoisotopic (exact) mass is 323 g/mol. The minimum Gasteiger partial charge on any atom is -0.441 e. The molecule has 0 aliphatic heterocycles. The fraction of sp³-hybridized carbons (Fsp3) is 0.235. The fourth-order valence-corrected chi connectivity index (χ4v) is 2.13. The largest absolute Gasteiger partial charge is 0.441 e. The lowest BCUT2D eigenvalue weighted by molar-refractivity contribution is -0.115. The van der Waals surface area contributed by atoms with Gasteiger partial charge in [-0.3, -0.25) is 10.1 Å². The third-order valence-electron chi connectivity index (χ3n) is 3.58. The lowest BCUT2D eigenvalue weighted by Crippen LogP contribution is -2.18. The molecule has 0 aliphatic rings. The molecule has 0 bridgehead atoms. The maximum atomic E-state index is 12.2. The van der Waals surface area contributed by atoms with Crippen LogP contribution in [-0.4, -0.2) is 26.1 Å². The summed E-state index contributed by atoms with van der Waals surface area (Å²) in [6.45, 7) is 5.41. The topological polar surface area (TPSA) is 93.8 Å². The van der Waals surface area contributed by atoms with Gasteiger partial charge in [-0.2, -0.15) is 5.10 Å². The van der Waals surface area contributed by atoms with Crippen LogP contribution in [0.2, 0.25) is 0 Å². The zero-order valence-electron chi connectivity index (χ0n) is 13.7. The quantitative estimate of drug-likeness (QED) is 0.793. The highest BCUT2D eigenvalue weighted by Gasteiger charge is 2.15. The van der Waals surface area contributed by atoms with Crippen molar-refractivity contribution in [3.8, 4) is 11.5 Å². The molecule has 0 atom stereocenters. The molecule has 7 nitrogen and oxygen atoms in total. The molecule has 0 radical (unpaired) electrons. The van der Waals surface area contributed by atoms with Gasteiger partial charge >= 0.3 is 0 Å². The summed E-state index contributed by atoms with van der Waals surface area (Å²) in [4.78, 5) is 20.8. The molecule has 1 amide bonds. The van der Waals surface area contributed by atoms with E-state index in [2.05, 4.69) is 25.5 Å². The van der Waals surface area contributed by atoms with Gasteiger partial charge in [0.15, 0.2) is 0 Å². The summed E-state index contributed by atoms with van der Waals surface area (Å²) in [5.74, 6) is 1.03. The average molecular weight is 323 g/mol. The first-order chi connectivity index (χ1) is 11.5. The maximum absolute atomic E-state index is 12.2. The summed E-state index contributed by atoms with van der Waals surface area (Å²) in [7, 11) is 0. The summed E-state index contributed by atoms with van der Waals surface area (Å²) in [6.07, 6.45) is 0.0818. The van der Waals surface area contributed by atoms with Crippen LogP contribution in [0.25, 0.3) is 11.5 Å². The number of oxazole rings is 1. The van der Waals surface area contributed by atoms with E-state index < -0.39 is 0 Å². The van der Waals surface area contributed by atoms with Crippen molar-refractivity contribution in [2.24, 2.45) is 0 Å². The molecule has 0 saturated heterocycles. The molecular weight excluding hydrogens is 306 g/mol. The summed E-state index contributed by atoms with van der Waals surface area (Å²) < 4.78 is 5.65. The van der Waals surface area contributed by atoms with Crippen LogP contribution in [0.1, 0.15) is 22.8 Å². The van der Waals surface area contributed by atoms with Gasteiger partial charge in [0, 0.05) is 5.56 Å². The molecule has 2 heterocycles. The van der Waals surface area contributed by atoms with Crippen molar-refractivity contribution in [2.75, 3.05) is 5.32 Å². The van der Waals surface area contributed by atoms with Crippen molar-refractivity contribution in [1.29, 1.82) is 0 Å². The van der Waals surface area contributed by atoms with E-state index in [0.717, 1.165) is 17.0 Å². The van der Waals surface area contributed by atoms with Crippen molar-refractivity contribution < 1.29 is 9.21 Å². The van der Waals surface area contributed by atoms with Crippen LogP contribution in [0.4, 0.5) is 5.95 Å². The smallest absolute Gasteiger partial charge is 0.249 e. The summed E-state index contributed by atoms with van der Waals surface area (Å²) in [6, 6.07) is 9.55. The summed E-state index contributed by atoms with van der Waals surface area (Å²) in [5.41, 5.74) is 2.91. The number of amides is 1. The standard InChI is InChI=1S/C17H17N5O2/c1-10-11(2)21-22-17(18-10)20-15(23)9-14-12(3)24-16(19-14)13-7-5-4-6-8-13/h4-8H,9H2,1-3H3,(H,18,20,22,23). The Bertz CT molecular complexity index is 874. The fourth-order valence-electron chi connectivity index (χ4n) is 2.13. The van der Waals surface area contributed by atoms with E-state index in [1.165, 1.54) is 0 Å². The van der Waals surface area contributed by atoms with Crippen LogP contribution < -0.4 is 5.32 Å². The van der Waals surface area contributed by atoms with Gasteiger partial charge in [-0.25, -0.2) is 9.97 Å². The Morgan fingerprint density at radius 3 is 2.50 bits per heavy atom. The van der Waals surface area contributed by atoms with Gasteiger partial charge in [0.2, 0.25) is 17.7 Å². The average Bonchev–Trinajstić information content (AvgIpc) is 2.93. The molecule has 24 heavy (non-hydrogen) atoms. The van der Waals surface area contributed by atoms with Crippen molar-refractivity contribution in [1.82, 2.24) is 20.2 Å². The van der Waals surface area contributed by atoms with Crippen molar-refractivity contribution in [2.45, 2.75) is 27.2 Å². The van der Waals surface area contributed by atoms with Gasteiger partial charge in [-0.05, 0) is 32.9 Å². The Balaban J connectivity index is 1.72. The Kier molecular flexibility index (Phi) is 4.33. The molecule has 0 aliphatic carbocycles. The molecule has 7 heteroatoms. The molecule has 1 N–H and O–H groups in total. The molecule has 122 valence electrons. The van der Waals surface area contributed by atoms with E-state index in [9.17, 15) is 4.79 Å². The normalized spacial score (nSPS) is 10.6. The minimum absolute atomic E-state index is 0.0818. The first-order valence-electron chi connectivity index (χ1n) is 7.52. The Morgan fingerprint density at radius 2 is 1.79 bits per heavy atom. The second-order valence-corrected chi connectivity index (χ2v) is 5.42. The molecule has 0 saturated carbocycles. The maximum Gasteiger partial charge on any atom is 0.249 e. The van der Waals surface area contributed by atoms with Crippen molar-refractivity contribution in [3.63, 3.8) is 0 Å². The Labute approximate surface area is 139 Å². The van der Waals surface area contributed by atoms with Gasteiger partial charge < -0.3 is 4.42 Å². The van der Waals surface area contributed by atoms with Crippen molar-refractivity contribution in [3.05, 3.63) is 53.2 Å². The lowest BCUT2D eigenvalue weighted by Gasteiger charge is -2.03. The molecule has 3 rings (SSSR count). The number of carbonyl (C=O) groups is 1. The van der Waals surface area contributed by atoms with Gasteiger partial charge in [-0.1, -0.05) is 18.2 Å². The number of aryl methyl sites for hydroxylation is 3. The van der Waals surface area contributed by atoms with Crippen LogP contribution in [0.15, 0.2) is 34.7 Å². The van der Waals surface area contributed by atoms with E-state index in [4.69, 9.17) is 4.42 Å². The lowest BCUT2D eigenvalue weighted by atomic mass is 10.2. The van der Waals surface area contributed by atoms with Crippen molar-refractivity contribution >= 4 is 11.9 Å². The SMILES string of the molecule is Cc1nnc(NC(=O)Cc2nc(-c3ccccc3)oc2C)nc1C. The van der Waals surface area contributed by atoms with Crippen LogP contribution >= 0.6 is 0 Å². The first-order valence-corrected chi connectivity index (χ1v) is 7.52. The zero-order valence-corrected chi connectivity index (χ0v) is 13.7. The predicted octanol–water partition coefficient (Wildman–Crippen LogP) is 2.63. The molecule has 3 aromatic rings. The van der Waals surface area contributed by atoms with Gasteiger partial charge in [0.25, 0.3) is 0 Å². The van der Waals surface area contributed by atoms with Crippen LogP contribution in [-0.2, 0) is 11.2 Å². The van der Waals surface area contributed by atoms with E-state index in [1.807, 2.05) is 44.2 Å². The molecule has 1 aromatic carbocycles. The first kappa shape index (κ1) is 15.8. The number of nitrogens with one attached hydrogen (secondary N) is 1. The number of rotatable bonds is 4. The number of aromatic nitrogens is 4. The zero-order chi connectivity index (χ0) is 17.1. The van der Waals surface area contributed by atoms with Crippen LogP contribution in [0.3, 0.4) is 0 Å². The van der Waals surface area contributed by atoms with E-state index in [1.54, 1.807) is 6.92 Å². The molecule has 0 unspecified atom stereocenters. The second kappa shape index (κ2) is 6.57. The number of hydrogen-bond donors (Lipinski definition) is 1. The van der Waals surface area contributed by atoms with Crippen LogP contribution in [0, 0.1) is 20.8 Å². The Hall–Kier alpha value is -3.09. The van der Waals surface area contributed by atoms with E-state index in [0.29, 0.717) is 17.3 Å². The number of carbonyl (C=O) groups excluding carboxylic acids is 1. The highest BCUT2D eigenvalue weighted by molar-refractivity contribution is 5.90. The van der Waals surface area contributed by atoms with E-state index in [-0.39, 0.29) is 18.3 Å². The van der Waals surface area contributed by atoms with Crippen LogP contribution in [0.5, 0.6) is 0 Å². The number of benzene rings is 1. The van der Waals surface area contributed by atoms with Gasteiger partial charge in [-0.15, -0.1) is 5.10 Å². The Morgan fingerprint density at radius 1 is 1.04 bits per heavy atom. The summed E-state index contributed by atoms with van der Waals surface area (Å²) in [5, 5.41) is 10.4. The van der Waals surface area contributed by atoms with Gasteiger partial charge in [0.1, 0.15) is 5.76 Å². The third-order valence-corrected chi connectivity index (χ3v) is 3.58. The number of anilines is 1. The highest BCUT2D eigenvalue weighted by atomic mass is 16.4. The molecule has 0 spiro atoms. The summed E-state index contributed by atoms with van der Waals surface area (Å²) >= 11 is 0. The molecule has 0 fully saturated rings. The molecule has 2 aromatic heterocycles. The minimum atomic E-state index is -0.268. The second-order valence-electron chi connectivity index (χ2n) is 5.42. The number of hydrogen-bond acceptors (Lipinski definition) is 6. The number of nitrogens with zero attached hydrogens (tertiary/aromatic N) is 4.